The second-order valence-corrected chi connectivity index (χ2v) is 12.4. The third-order valence-electron chi connectivity index (χ3n) is 8.00. The third-order valence-corrected chi connectivity index (χ3v) is 8.00. The van der Waals surface area contributed by atoms with Crippen molar-refractivity contribution in [1.29, 1.82) is 0 Å². The monoisotopic (exact) mass is 597 g/mol. The largest absolute Gasteiger partial charge is 0.416 e. The predicted molar refractivity (Wildman–Crippen MR) is 149 cm³/mol. The zero-order valence-corrected chi connectivity index (χ0v) is 24.4. The molecule has 2 fully saturated rings. The normalized spacial score (nSPS) is 18.2. The highest BCUT2D eigenvalue weighted by molar-refractivity contribution is 5.90. The van der Waals surface area contributed by atoms with Gasteiger partial charge in [0.25, 0.3) is 0 Å². The summed E-state index contributed by atoms with van der Waals surface area (Å²) < 4.78 is 38.3. The number of amides is 5. The Hall–Kier alpha value is -3.35. The Balaban J connectivity index is 1.55. The first-order valence-corrected chi connectivity index (χ1v) is 14.4. The van der Waals surface area contributed by atoms with Crippen LogP contribution in [0.4, 0.5) is 23.7 Å². The molecule has 1 aliphatic carbocycles. The maximum atomic E-state index is 13.6. The summed E-state index contributed by atoms with van der Waals surface area (Å²) in [6.45, 7) is 6.09. The number of anilines is 1. The second-order valence-electron chi connectivity index (χ2n) is 12.4. The molecule has 5 amide bonds. The summed E-state index contributed by atoms with van der Waals surface area (Å²) in [6.07, 6.45) is 1.39. The zero-order chi connectivity index (χ0) is 31.1. The Labute approximate surface area is 244 Å². The van der Waals surface area contributed by atoms with Crippen molar-refractivity contribution in [2.24, 2.45) is 17.3 Å². The molecular weight excluding hydrogens is 555 g/mol. The molecule has 1 aliphatic heterocycles. The number of piperidine rings is 1. The minimum atomic E-state index is -4.46. The van der Waals surface area contributed by atoms with Crippen LogP contribution in [0.2, 0.25) is 0 Å². The maximum absolute atomic E-state index is 13.6. The van der Waals surface area contributed by atoms with E-state index in [0.29, 0.717) is 43.3 Å². The summed E-state index contributed by atoms with van der Waals surface area (Å²) in [7, 11) is 0. The van der Waals surface area contributed by atoms with Crippen molar-refractivity contribution in [2.75, 3.05) is 25.0 Å². The summed E-state index contributed by atoms with van der Waals surface area (Å²) in [5.74, 6) is -0.960. The number of likely N-dealkylation sites (tertiary alicyclic amines) is 1. The number of nitrogens with zero attached hydrogens (tertiary/aromatic N) is 2. The van der Waals surface area contributed by atoms with Gasteiger partial charge in [0.1, 0.15) is 6.04 Å². The number of rotatable bonds is 10. The van der Waals surface area contributed by atoms with Crippen LogP contribution in [0.3, 0.4) is 0 Å². The number of halogens is 3. The Morgan fingerprint density at radius 2 is 1.64 bits per heavy atom. The molecule has 1 heterocycles. The van der Waals surface area contributed by atoms with Gasteiger partial charge in [0.15, 0.2) is 0 Å². The maximum Gasteiger partial charge on any atom is 0.416 e. The number of carbonyl (C=O) groups is 4. The fourth-order valence-corrected chi connectivity index (χ4v) is 5.61. The van der Waals surface area contributed by atoms with Gasteiger partial charge in [-0.1, -0.05) is 46.5 Å². The molecule has 2 atom stereocenters. The number of urea groups is 1. The number of hydroxylamine groups is 2. The highest BCUT2D eigenvalue weighted by Gasteiger charge is 2.39. The topological polar surface area (TPSA) is 131 Å². The van der Waals surface area contributed by atoms with Gasteiger partial charge in [0, 0.05) is 24.8 Å². The molecule has 1 saturated carbocycles. The molecule has 234 valence electrons. The number of nitrogens with one attached hydrogen (secondary N) is 3. The van der Waals surface area contributed by atoms with Crippen molar-refractivity contribution in [1.82, 2.24) is 20.6 Å². The van der Waals surface area contributed by atoms with Crippen LogP contribution in [0.1, 0.15) is 71.3 Å². The van der Waals surface area contributed by atoms with Crippen LogP contribution in [0.25, 0.3) is 0 Å². The van der Waals surface area contributed by atoms with Gasteiger partial charge in [-0.2, -0.15) is 13.2 Å². The van der Waals surface area contributed by atoms with Gasteiger partial charge in [-0.3, -0.25) is 19.6 Å². The quantitative estimate of drug-likeness (QED) is 0.181. The summed E-state index contributed by atoms with van der Waals surface area (Å²) in [4.78, 5) is 52.1. The van der Waals surface area contributed by atoms with E-state index in [1.807, 2.05) is 20.8 Å². The molecule has 0 aromatic heterocycles. The lowest BCUT2D eigenvalue weighted by molar-refractivity contribution is -0.156. The van der Waals surface area contributed by atoms with Crippen LogP contribution in [0.5, 0.6) is 0 Å². The van der Waals surface area contributed by atoms with E-state index in [9.17, 15) is 37.6 Å². The molecule has 4 N–H and O–H groups in total. The lowest BCUT2D eigenvalue weighted by atomic mass is 9.84. The summed E-state index contributed by atoms with van der Waals surface area (Å²) in [6, 6.07) is 2.50. The zero-order valence-electron chi connectivity index (χ0n) is 24.4. The van der Waals surface area contributed by atoms with Gasteiger partial charge in [-0.25, -0.2) is 9.86 Å². The summed E-state index contributed by atoms with van der Waals surface area (Å²) in [5.41, 5.74) is -1.21. The molecular formula is C29H42F3N5O5. The van der Waals surface area contributed by atoms with Crippen LogP contribution in [-0.4, -0.2) is 71.1 Å². The third kappa shape index (κ3) is 9.60. The van der Waals surface area contributed by atoms with Crippen LogP contribution in [0.15, 0.2) is 24.3 Å². The molecule has 1 aromatic rings. The lowest BCUT2D eigenvalue weighted by Gasteiger charge is -2.39. The Kier molecular flexibility index (Phi) is 11.2. The molecule has 1 aromatic carbocycles. The molecule has 2 aliphatic rings. The minimum Gasteiger partial charge on any atom is -0.344 e. The molecule has 0 spiro atoms. The molecule has 0 bridgehead atoms. The van der Waals surface area contributed by atoms with E-state index in [1.54, 1.807) is 4.90 Å². The number of hydrogen-bond donors (Lipinski definition) is 4. The fourth-order valence-electron chi connectivity index (χ4n) is 5.61. The van der Waals surface area contributed by atoms with Gasteiger partial charge in [0.05, 0.1) is 18.0 Å². The van der Waals surface area contributed by atoms with Crippen molar-refractivity contribution in [3.8, 4) is 0 Å². The minimum absolute atomic E-state index is 0.150. The standard InChI is InChI=1S/C29H42F3N5O5/c1-28(2,3)24(35-25(39)20(17-37(42)18-38)16-19-6-4-5-7-19)26(40)36-14-12-23(13-15-36)34-27(41)33-22-10-8-21(9-11-22)29(30,31)32/h8-11,18-20,23-24,42H,4-7,12-17H2,1-3H3,(H,35,39)(H2,33,34,41)/t20-,24-/m1/s1. The van der Waals surface area contributed by atoms with Crippen molar-refractivity contribution >= 4 is 29.9 Å². The number of alkyl halides is 3. The summed E-state index contributed by atoms with van der Waals surface area (Å²) >= 11 is 0. The molecule has 10 nitrogen and oxygen atoms in total. The molecule has 0 radical (unpaired) electrons. The second kappa shape index (κ2) is 14.2. The molecule has 3 rings (SSSR count). The van der Waals surface area contributed by atoms with Crippen molar-refractivity contribution in [3.63, 3.8) is 0 Å². The number of hydrogen-bond acceptors (Lipinski definition) is 5. The van der Waals surface area contributed by atoms with E-state index in [0.717, 1.165) is 37.8 Å². The average Bonchev–Trinajstić information content (AvgIpc) is 3.43. The van der Waals surface area contributed by atoms with Gasteiger partial charge in [0.2, 0.25) is 18.2 Å². The van der Waals surface area contributed by atoms with Crippen LogP contribution in [0, 0.1) is 17.3 Å². The smallest absolute Gasteiger partial charge is 0.344 e. The van der Waals surface area contributed by atoms with E-state index >= 15 is 0 Å². The van der Waals surface area contributed by atoms with Crippen LogP contribution < -0.4 is 16.0 Å². The van der Waals surface area contributed by atoms with Gasteiger partial charge in [-0.05, 0) is 54.9 Å². The molecule has 42 heavy (non-hydrogen) atoms. The first kappa shape index (κ1) is 33.2. The Bertz CT molecular complexity index is 1080. The van der Waals surface area contributed by atoms with Gasteiger partial charge >= 0.3 is 12.2 Å². The van der Waals surface area contributed by atoms with E-state index < -0.39 is 35.1 Å². The van der Waals surface area contributed by atoms with Gasteiger partial charge in [-0.15, -0.1) is 0 Å². The van der Waals surface area contributed by atoms with E-state index in [2.05, 4.69) is 16.0 Å². The average molecular weight is 598 g/mol. The SMILES string of the molecule is CC(C)(C)[C@H](NC(=O)[C@H](CC1CCCC1)CN(O)C=O)C(=O)N1CCC(NC(=O)Nc2ccc(C(F)(F)F)cc2)CC1. The summed E-state index contributed by atoms with van der Waals surface area (Å²) in [5, 5.41) is 18.5. The number of carbonyl (C=O) groups excluding carboxylic acids is 4. The Morgan fingerprint density at radius 3 is 2.17 bits per heavy atom. The lowest BCUT2D eigenvalue weighted by Crippen LogP contribution is -2.58. The highest BCUT2D eigenvalue weighted by atomic mass is 19.4. The first-order chi connectivity index (χ1) is 19.7. The fraction of sp³-hybridized carbons (Fsp3) is 0.655. The predicted octanol–water partition coefficient (Wildman–Crippen LogP) is 4.39. The van der Waals surface area contributed by atoms with Gasteiger partial charge < -0.3 is 20.9 Å². The highest BCUT2D eigenvalue weighted by Crippen LogP contribution is 2.32. The number of benzene rings is 1. The Morgan fingerprint density at radius 1 is 1.05 bits per heavy atom. The van der Waals surface area contributed by atoms with Crippen LogP contribution >= 0.6 is 0 Å². The first-order valence-electron chi connectivity index (χ1n) is 14.4. The molecule has 13 heteroatoms. The van der Waals surface area contributed by atoms with Crippen molar-refractivity contribution in [2.45, 2.75) is 84.0 Å². The van der Waals surface area contributed by atoms with Crippen LogP contribution in [-0.2, 0) is 20.6 Å². The molecule has 0 unspecified atom stereocenters. The van der Waals surface area contributed by atoms with E-state index in [4.69, 9.17) is 0 Å². The van der Waals surface area contributed by atoms with E-state index in [-0.39, 0.29) is 36.5 Å². The van der Waals surface area contributed by atoms with E-state index in [1.165, 1.54) is 12.1 Å². The van der Waals surface area contributed by atoms with Crippen molar-refractivity contribution in [3.05, 3.63) is 29.8 Å². The van der Waals surface area contributed by atoms with Crippen molar-refractivity contribution < 1.29 is 37.6 Å². The molecule has 1 saturated heterocycles.